The zero-order valence-electron chi connectivity index (χ0n) is 13.8. The molecule has 1 heteroatoms. The van der Waals surface area contributed by atoms with Crippen LogP contribution in [0.5, 0.6) is 0 Å². The number of aryl methyl sites for hydroxylation is 2. The fourth-order valence-electron chi connectivity index (χ4n) is 3.44. The molecule has 1 nitrogen and oxygen atoms in total. The van der Waals surface area contributed by atoms with Gasteiger partial charge in [0.05, 0.1) is 0 Å². The lowest BCUT2D eigenvalue weighted by molar-refractivity contribution is 0.335. The number of hydrogen-bond acceptors (Lipinski definition) is 1. The van der Waals surface area contributed by atoms with Crippen molar-refractivity contribution < 1.29 is 0 Å². The molecule has 1 fully saturated rings. The van der Waals surface area contributed by atoms with Crippen LogP contribution < -0.4 is 5.32 Å². The van der Waals surface area contributed by atoms with E-state index in [-0.39, 0.29) is 0 Å². The Morgan fingerprint density at radius 3 is 2.20 bits per heavy atom. The largest absolute Gasteiger partial charge is 0.314 e. The van der Waals surface area contributed by atoms with E-state index >= 15 is 0 Å². The van der Waals surface area contributed by atoms with Crippen LogP contribution in [0, 0.1) is 13.8 Å². The van der Waals surface area contributed by atoms with Gasteiger partial charge in [-0.1, -0.05) is 57.7 Å². The Hall–Kier alpha value is -0.820. The van der Waals surface area contributed by atoms with Crippen LogP contribution in [0.1, 0.15) is 69.1 Å². The highest BCUT2D eigenvalue weighted by Crippen LogP contribution is 2.38. The molecule has 0 radical (unpaired) electrons. The van der Waals surface area contributed by atoms with Crippen molar-refractivity contribution in [2.75, 3.05) is 6.54 Å². The standard InChI is InChI=1S/C19H31N/c1-15(2)20-14-19(11-7-5-6-8-12-19)18-10-9-16(3)17(4)13-18/h9-10,13,15,20H,5-8,11-12,14H2,1-4H3. The Balaban J connectivity index is 2.30. The lowest BCUT2D eigenvalue weighted by Gasteiger charge is -2.35. The summed E-state index contributed by atoms with van der Waals surface area (Å²) in [7, 11) is 0. The third-order valence-electron chi connectivity index (χ3n) is 5.03. The van der Waals surface area contributed by atoms with Crippen LogP contribution in [0.3, 0.4) is 0 Å². The molecule has 0 aliphatic heterocycles. The summed E-state index contributed by atoms with van der Waals surface area (Å²) in [6.07, 6.45) is 8.27. The molecule has 0 amide bonds. The molecule has 1 saturated carbocycles. The van der Waals surface area contributed by atoms with E-state index in [0.717, 1.165) is 6.54 Å². The number of hydrogen-bond donors (Lipinski definition) is 1. The van der Waals surface area contributed by atoms with Crippen LogP contribution in [0.2, 0.25) is 0 Å². The molecule has 1 aliphatic carbocycles. The van der Waals surface area contributed by atoms with Crippen molar-refractivity contribution in [3.8, 4) is 0 Å². The lowest BCUT2D eigenvalue weighted by Crippen LogP contribution is -2.40. The lowest BCUT2D eigenvalue weighted by atomic mass is 9.73. The Morgan fingerprint density at radius 2 is 1.65 bits per heavy atom. The SMILES string of the molecule is Cc1ccc(C2(CNC(C)C)CCCCCC2)cc1C. The maximum Gasteiger partial charge on any atom is 0.00779 e. The Kier molecular flexibility index (Phi) is 5.26. The van der Waals surface area contributed by atoms with Crippen molar-refractivity contribution in [1.82, 2.24) is 5.32 Å². The molecule has 0 heterocycles. The van der Waals surface area contributed by atoms with Gasteiger partial charge >= 0.3 is 0 Å². The molecule has 0 bridgehead atoms. The van der Waals surface area contributed by atoms with Crippen molar-refractivity contribution in [3.63, 3.8) is 0 Å². The molecular formula is C19H31N. The smallest absolute Gasteiger partial charge is 0.00779 e. The van der Waals surface area contributed by atoms with Gasteiger partial charge in [-0.15, -0.1) is 0 Å². The number of rotatable bonds is 4. The number of nitrogens with one attached hydrogen (secondary N) is 1. The van der Waals surface area contributed by atoms with E-state index in [1.807, 2.05) is 0 Å². The molecule has 2 rings (SSSR count). The van der Waals surface area contributed by atoms with E-state index in [0.29, 0.717) is 11.5 Å². The van der Waals surface area contributed by atoms with Crippen molar-refractivity contribution in [1.29, 1.82) is 0 Å². The van der Waals surface area contributed by atoms with Gasteiger partial charge in [0.25, 0.3) is 0 Å². The summed E-state index contributed by atoms with van der Waals surface area (Å²) in [5, 5.41) is 3.72. The zero-order chi connectivity index (χ0) is 14.6. The topological polar surface area (TPSA) is 12.0 Å². The van der Waals surface area contributed by atoms with E-state index in [1.165, 1.54) is 49.7 Å². The molecule has 0 unspecified atom stereocenters. The first-order valence-electron chi connectivity index (χ1n) is 8.35. The summed E-state index contributed by atoms with van der Waals surface area (Å²) in [4.78, 5) is 0. The molecule has 1 aliphatic rings. The van der Waals surface area contributed by atoms with Crippen molar-refractivity contribution in [2.24, 2.45) is 0 Å². The maximum atomic E-state index is 3.72. The first kappa shape index (κ1) is 15.6. The molecule has 1 aromatic rings. The Bertz CT molecular complexity index is 425. The second kappa shape index (κ2) is 6.76. The fourth-order valence-corrected chi connectivity index (χ4v) is 3.44. The van der Waals surface area contributed by atoms with Gasteiger partial charge in [-0.3, -0.25) is 0 Å². The predicted molar refractivity (Wildman–Crippen MR) is 88.4 cm³/mol. The summed E-state index contributed by atoms with van der Waals surface area (Å²) < 4.78 is 0. The molecule has 20 heavy (non-hydrogen) atoms. The highest BCUT2D eigenvalue weighted by atomic mass is 14.9. The van der Waals surface area contributed by atoms with Gasteiger partial charge in [-0.25, -0.2) is 0 Å². The van der Waals surface area contributed by atoms with Crippen LogP contribution in [0.15, 0.2) is 18.2 Å². The summed E-state index contributed by atoms with van der Waals surface area (Å²) >= 11 is 0. The van der Waals surface area contributed by atoms with Crippen LogP contribution in [0.25, 0.3) is 0 Å². The third-order valence-corrected chi connectivity index (χ3v) is 5.03. The summed E-state index contributed by atoms with van der Waals surface area (Å²) in [5.74, 6) is 0. The molecule has 1 aromatic carbocycles. The summed E-state index contributed by atoms with van der Waals surface area (Å²) in [5.41, 5.74) is 4.78. The van der Waals surface area contributed by atoms with Crippen LogP contribution in [-0.2, 0) is 5.41 Å². The molecule has 1 N–H and O–H groups in total. The monoisotopic (exact) mass is 273 g/mol. The van der Waals surface area contributed by atoms with E-state index in [9.17, 15) is 0 Å². The van der Waals surface area contributed by atoms with Crippen molar-refractivity contribution in [3.05, 3.63) is 34.9 Å². The quantitative estimate of drug-likeness (QED) is 0.770. The van der Waals surface area contributed by atoms with E-state index in [2.05, 4.69) is 51.2 Å². The molecular weight excluding hydrogens is 242 g/mol. The summed E-state index contributed by atoms with van der Waals surface area (Å²) in [6, 6.07) is 7.71. The van der Waals surface area contributed by atoms with Gasteiger partial charge in [0.1, 0.15) is 0 Å². The second-order valence-corrected chi connectivity index (χ2v) is 7.03. The average Bonchev–Trinajstić information content (AvgIpc) is 2.66. The first-order chi connectivity index (χ1) is 9.53. The average molecular weight is 273 g/mol. The minimum absolute atomic E-state index is 0.360. The Morgan fingerprint density at radius 1 is 1.00 bits per heavy atom. The first-order valence-corrected chi connectivity index (χ1v) is 8.35. The van der Waals surface area contributed by atoms with Crippen molar-refractivity contribution in [2.45, 2.75) is 77.7 Å². The third kappa shape index (κ3) is 3.63. The Labute approximate surface area is 125 Å². The van der Waals surface area contributed by atoms with Gasteiger partial charge in [0.2, 0.25) is 0 Å². The van der Waals surface area contributed by atoms with E-state index in [1.54, 1.807) is 5.56 Å². The van der Waals surface area contributed by atoms with Gasteiger partial charge in [-0.2, -0.15) is 0 Å². The van der Waals surface area contributed by atoms with Crippen LogP contribution in [-0.4, -0.2) is 12.6 Å². The molecule has 0 aromatic heterocycles. The maximum absolute atomic E-state index is 3.72. The minimum Gasteiger partial charge on any atom is -0.314 e. The minimum atomic E-state index is 0.360. The highest BCUT2D eigenvalue weighted by molar-refractivity contribution is 5.35. The summed E-state index contributed by atoms with van der Waals surface area (Å²) in [6.45, 7) is 10.1. The van der Waals surface area contributed by atoms with E-state index in [4.69, 9.17) is 0 Å². The van der Waals surface area contributed by atoms with Gasteiger partial charge < -0.3 is 5.32 Å². The molecule has 112 valence electrons. The fraction of sp³-hybridized carbons (Fsp3) is 0.684. The van der Waals surface area contributed by atoms with E-state index < -0.39 is 0 Å². The zero-order valence-corrected chi connectivity index (χ0v) is 13.8. The van der Waals surface area contributed by atoms with Crippen LogP contribution in [0.4, 0.5) is 0 Å². The van der Waals surface area contributed by atoms with Crippen molar-refractivity contribution >= 4 is 0 Å². The van der Waals surface area contributed by atoms with Crippen LogP contribution >= 0.6 is 0 Å². The molecule has 0 saturated heterocycles. The predicted octanol–water partition coefficient (Wildman–Crippen LogP) is 4.89. The highest BCUT2D eigenvalue weighted by Gasteiger charge is 2.32. The van der Waals surface area contributed by atoms with Gasteiger partial charge in [0.15, 0.2) is 0 Å². The number of benzene rings is 1. The molecule has 0 spiro atoms. The van der Waals surface area contributed by atoms with Gasteiger partial charge in [-0.05, 0) is 43.4 Å². The van der Waals surface area contributed by atoms with Gasteiger partial charge in [0, 0.05) is 18.0 Å². The second-order valence-electron chi connectivity index (χ2n) is 7.03. The normalized spacial score (nSPS) is 19.1. The molecule has 0 atom stereocenters.